The van der Waals surface area contributed by atoms with Crippen molar-refractivity contribution in [2.24, 2.45) is 5.73 Å². The first kappa shape index (κ1) is 16.8. The van der Waals surface area contributed by atoms with Crippen molar-refractivity contribution in [3.05, 3.63) is 23.8 Å². The summed E-state index contributed by atoms with van der Waals surface area (Å²) in [5, 5.41) is 3.19. The number of anilines is 1. The van der Waals surface area contributed by atoms with Crippen LogP contribution in [0.25, 0.3) is 0 Å². The van der Waals surface area contributed by atoms with E-state index < -0.39 is 0 Å². The molecule has 0 aromatic heterocycles. The third-order valence-corrected chi connectivity index (χ3v) is 4.15. The Kier molecular flexibility index (Phi) is 6.68. The number of rotatable bonds is 9. The number of aldehydes is 1. The largest absolute Gasteiger partial charge is 0.492 e. The zero-order valence-corrected chi connectivity index (χ0v) is 13.4. The summed E-state index contributed by atoms with van der Waals surface area (Å²) in [5.41, 5.74) is 7.85. The number of nitrogens with one attached hydrogen (secondary N) is 1. The molecule has 0 radical (unpaired) electrons. The quantitative estimate of drug-likeness (QED) is 0.679. The smallest absolute Gasteiger partial charge is 0.136 e. The van der Waals surface area contributed by atoms with Crippen LogP contribution in [0, 0.1) is 0 Å². The van der Waals surface area contributed by atoms with Crippen molar-refractivity contribution < 1.29 is 9.53 Å². The van der Waals surface area contributed by atoms with Crippen LogP contribution in [0.4, 0.5) is 5.69 Å². The Hall–Kier alpha value is -1.59. The molecule has 1 atom stereocenters. The van der Waals surface area contributed by atoms with E-state index in [0.717, 1.165) is 42.9 Å². The molecular weight excluding hydrogens is 278 g/mol. The van der Waals surface area contributed by atoms with Crippen molar-refractivity contribution in [3.63, 3.8) is 0 Å². The second kappa shape index (κ2) is 8.76. The van der Waals surface area contributed by atoms with E-state index in [4.69, 9.17) is 10.5 Å². The average Bonchev–Trinajstić information content (AvgIpc) is 3.06. The Bertz CT molecular complexity index is 473. The normalized spacial score (nSPS) is 16.5. The molecule has 122 valence electrons. The van der Waals surface area contributed by atoms with Gasteiger partial charge in [0, 0.05) is 25.3 Å². The lowest BCUT2D eigenvalue weighted by atomic mass is 10.0. The van der Waals surface area contributed by atoms with Crippen molar-refractivity contribution >= 4 is 12.0 Å². The van der Waals surface area contributed by atoms with E-state index in [9.17, 15) is 4.79 Å². The van der Waals surface area contributed by atoms with Gasteiger partial charge in [0.15, 0.2) is 0 Å². The minimum atomic E-state index is -0.388. The summed E-state index contributed by atoms with van der Waals surface area (Å²) < 4.78 is 5.85. The molecule has 2 rings (SSSR count). The third kappa shape index (κ3) is 5.00. The Morgan fingerprint density at radius 2 is 2.18 bits per heavy atom. The van der Waals surface area contributed by atoms with Crippen LogP contribution >= 0.6 is 0 Å². The summed E-state index contributed by atoms with van der Waals surface area (Å²) in [6, 6.07) is 5.67. The van der Waals surface area contributed by atoms with Crippen LogP contribution in [0.3, 0.4) is 0 Å². The molecule has 5 heteroatoms. The SMILES string of the molecule is CNc1cc(OCCN2CCCC2)ccc1CC[C@H](N)C=O. The minimum Gasteiger partial charge on any atom is -0.492 e. The summed E-state index contributed by atoms with van der Waals surface area (Å²) in [6.45, 7) is 4.10. The Balaban J connectivity index is 1.85. The van der Waals surface area contributed by atoms with E-state index in [2.05, 4.69) is 16.3 Å². The number of carbonyl (C=O) groups excluding carboxylic acids is 1. The summed E-state index contributed by atoms with van der Waals surface area (Å²) in [4.78, 5) is 13.0. The van der Waals surface area contributed by atoms with Gasteiger partial charge in [0.05, 0.1) is 6.04 Å². The number of nitrogens with two attached hydrogens (primary N) is 1. The number of ether oxygens (including phenoxy) is 1. The first-order valence-corrected chi connectivity index (χ1v) is 8.09. The van der Waals surface area contributed by atoms with E-state index in [1.54, 1.807) is 0 Å². The van der Waals surface area contributed by atoms with E-state index in [1.807, 2.05) is 19.2 Å². The van der Waals surface area contributed by atoms with Crippen LogP contribution in [-0.4, -0.2) is 50.5 Å². The fourth-order valence-electron chi connectivity index (χ4n) is 2.79. The van der Waals surface area contributed by atoms with Gasteiger partial charge in [0.25, 0.3) is 0 Å². The van der Waals surface area contributed by atoms with Crippen molar-refractivity contribution in [1.29, 1.82) is 0 Å². The van der Waals surface area contributed by atoms with Gasteiger partial charge in [-0.25, -0.2) is 0 Å². The molecule has 22 heavy (non-hydrogen) atoms. The second-order valence-corrected chi connectivity index (χ2v) is 5.80. The zero-order chi connectivity index (χ0) is 15.8. The number of benzene rings is 1. The molecule has 5 nitrogen and oxygen atoms in total. The zero-order valence-electron chi connectivity index (χ0n) is 13.4. The van der Waals surface area contributed by atoms with Gasteiger partial charge in [0.2, 0.25) is 0 Å². The molecule has 1 fully saturated rings. The predicted molar refractivity (Wildman–Crippen MR) is 89.5 cm³/mol. The van der Waals surface area contributed by atoms with Crippen molar-refractivity contribution in [3.8, 4) is 5.75 Å². The van der Waals surface area contributed by atoms with Gasteiger partial charge in [-0.3, -0.25) is 4.90 Å². The number of hydrogen-bond donors (Lipinski definition) is 2. The van der Waals surface area contributed by atoms with Gasteiger partial charge < -0.3 is 20.6 Å². The van der Waals surface area contributed by atoms with Crippen molar-refractivity contribution in [2.45, 2.75) is 31.7 Å². The highest BCUT2D eigenvalue weighted by atomic mass is 16.5. The number of aryl methyl sites for hydroxylation is 1. The highest BCUT2D eigenvalue weighted by molar-refractivity contribution is 5.58. The molecule has 1 aliphatic rings. The van der Waals surface area contributed by atoms with Crippen molar-refractivity contribution in [2.75, 3.05) is 38.6 Å². The molecule has 0 unspecified atom stereocenters. The van der Waals surface area contributed by atoms with Crippen molar-refractivity contribution in [1.82, 2.24) is 4.90 Å². The molecule has 1 aromatic carbocycles. The van der Waals surface area contributed by atoms with Gasteiger partial charge in [0.1, 0.15) is 18.6 Å². The van der Waals surface area contributed by atoms with Crippen LogP contribution < -0.4 is 15.8 Å². The first-order valence-electron chi connectivity index (χ1n) is 8.09. The monoisotopic (exact) mass is 305 g/mol. The minimum absolute atomic E-state index is 0.388. The number of carbonyl (C=O) groups is 1. The average molecular weight is 305 g/mol. The Labute approximate surface area is 132 Å². The van der Waals surface area contributed by atoms with E-state index in [0.29, 0.717) is 6.42 Å². The fraction of sp³-hybridized carbons (Fsp3) is 0.588. The van der Waals surface area contributed by atoms with E-state index >= 15 is 0 Å². The summed E-state index contributed by atoms with van der Waals surface area (Å²) in [6.07, 6.45) is 4.86. The van der Waals surface area contributed by atoms with Crippen LogP contribution in [0.15, 0.2) is 18.2 Å². The van der Waals surface area contributed by atoms with Gasteiger partial charge in [-0.05, 0) is 50.4 Å². The van der Waals surface area contributed by atoms with Crippen LogP contribution in [0.1, 0.15) is 24.8 Å². The van der Waals surface area contributed by atoms with Gasteiger partial charge in [-0.2, -0.15) is 0 Å². The van der Waals surface area contributed by atoms with Crippen LogP contribution in [-0.2, 0) is 11.2 Å². The molecule has 0 spiro atoms. The van der Waals surface area contributed by atoms with Gasteiger partial charge >= 0.3 is 0 Å². The molecule has 0 saturated carbocycles. The highest BCUT2D eigenvalue weighted by Crippen LogP contribution is 2.24. The maximum absolute atomic E-state index is 10.6. The van der Waals surface area contributed by atoms with Crippen LogP contribution in [0.5, 0.6) is 5.75 Å². The summed E-state index contributed by atoms with van der Waals surface area (Å²) >= 11 is 0. The Morgan fingerprint density at radius 1 is 1.41 bits per heavy atom. The Morgan fingerprint density at radius 3 is 2.86 bits per heavy atom. The fourth-order valence-corrected chi connectivity index (χ4v) is 2.79. The predicted octanol–water partition coefficient (Wildman–Crippen LogP) is 1.66. The number of nitrogens with zero attached hydrogens (tertiary/aromatic N) is 1. The first-order chi connectivity index (χ1) is 10.7. The molecule has 3 N–H and O–H groups in total. The number of likely N-dealkylation sites (tertiary alicyclic amines) is 1. The van der Waals surface area contributed by atoms with E-state index in [1.165, 1.54) is 25.9 Å². The molecule has 1 aliphatic heterocycles. The lowest BCUT2D eigenvalue weighted by Gasteiger charge is -2.16. The molecule has 0 bridgehead atoms. The van der Waals surface area contributed by atoms with E-state index in [-0.39, 0.29) is 6.04 Å². The maximum Gasteiger partial charge on any atom is 0.136 e. The second-order valence-electron chi connectivity index (χ2n) is 5.80. The topological polar surface area (TPSA) is 67.6 Å². The molecule has 0 aliphatic carbocycles. The number of hydrogen-bond acceptors (Lipinski definition) is 5. The molecule has 1 aromatic rings. The summed E-state index contributed by atoms with van der Waals surface area (Å²) in [7, 11) is 1.90. The molecule has 1 heterocycles. The molecular formula is C17H27N3O2. The molecule has 0 amide bonds. The van der Waals surface area contributed by atoms with Crippen LogP contribution in [0.2, 0.25) is 0 Å². The third-order valence-electron chi connectivity index (χ3n) is 4.15. The lowest BCUT2D eigenvalue weighted by molar-refractivity contribution is -0.109. The lowest BCUT2D eigenvalue weighted by Crippen LogP contribution is -2.25. The van der Waals surface area contributed by atoms with Gasteiger partial charge in [-0.1, -0.05) is 6.07 Å². The summed E-state index contributed by atoms with van der Waals surface area (Å²) in [5.74, 6) is 0.881. The standard InChI is InChI=1S/C17H27N3O2/c1-19-17-12-16(22-11-10-20-8-2-3-9-20)7-5-14(17)4-6-15(18)13-21/h5,7,12-13,15,19H,2-4,6,8-11,18H2,1H3/t15-/m0/s1. The molecule has 1 saturated heterocycles. The highest BCUT2D eigenvalue weighted by Gasteiger charge is 2.11. The van der Waals surface area contributed by atoms with Gasteiger partial charge in [-0.15, -0.1) is 0 Å². The maximum atomic E-state index is 10.6.